The fraction of sp³-hybridized carbons (Fsp3) is 0.167. The van der Waals surface area contributed by atoms with Crippen LogP contribution in [0.25, 0.3) is 11.1 Å². The van der Waals surface area contributed by atoms with Crippen LogP contribution in [0.1, 0.15) is 29.0 Å². The van der Waals surface area contributed by atoms with Crippen molar-refractivity contribution in [1.82, 2.24) is 0 Å². The molecule has 0 bridgehead atoms. The standard InChI is InChI=1S/C24H20BrNO4/c25-16-11-9-15(10-12-16)24(26,13-22(27)28)23(29)30-14-21-19-7-3-1-5-17(19)18-6-2-4-8-20(18)21/h1-12,21H,13-14,26H2,(H,27,28). The molecule has 0 saturated heterocycles. The number of rotatable bonds is 6. The maximum atomic E-state index is 13.0. The Labute approximate surface area is 182 Å². The molecule has 0 aromatic heterocycles. The highest BCUT2D eigenvalue weighted by molar-refractivity contribution is 9.10. The summed E-state index contributed by atoms with van der Waals surface area (Å²) in [5, 5.41) is 9.36. The highest BCUT2D eigenvalue weighted by atomic mass is 79.9. The fourth-order valence-corrected chi connectivity index (χ4v) is 4.27. The molecule has 0 saturated carbocycles. The number of benzene rings is 3. The lowest BCUT2D eigenvalue weighted by molar-refractivity contribution is -0.155. The molecule has 0 fully saturated rings. The number of carbonyl (C=O) groups is 2. The number of aliphatic carboxylic acids is 1. The first-order valence-electron chi connectivity index (χ1n) is 9.52. The second kappa shape index (κ2) is 8.05. The molecule has 1 aliphatic carbocycles. The molecule has 0 amide bonds. The maximum absolute atomic E-state index is 13.0. The van der Waals surface area contributed by atoms with E-state index in [1.807, 2.05) is 36.4 Å². The normalized spacial score (nSPS) is 14.5. The van der Waals surface area contributed by atoms with Gasteiger partial charge in [0.15, 0.2) is 5.54 Å². The van der Waals surface area contributed by atoms with Crippen LogP contribution in [0.15, 0.2) is 77.3 Å². The maximum Gasteiger partial charge on any atom is 0.331 e. The Morgan fingerprint density at radius 2 is 1.47 bits per heavy atom. The number of carboxylic acid groups (broad SMARTS) is 1. The average Bonchev–Trinajstić information content (AvgIpc) is 3.05. The van der Waals surface area contributed by atoms with Crippen LogP contribution >= 0.6 is 15.9 Å². The molecule has 30 heavy (non-hydrogen) atoms. The molecular formula is C24H20BrNO4. The molecule has 0 heterocycles. The van der Waals surface area contributed by atoms with Gasteiger partial charge in [-0.15, -0.1) is 0 Å². The second-order valence-electron chi connectivity index (χ2n) is 7.37. The quantitative estimate of drug-likeness (QED) is 0.525. The minimum Gasteiger partial charge on any atom is -0.481 e. The summed E-state index contributed by atoms with van der Waals surface area (Å²) < 4.78 is 6.45. The predicted octanol–water partition coefficient (Wildman–Crippen LogP) is 4.43. The van der Waals surface area contributed by atoms with E-state index in [-0.39, 0.29) is 12.5 Å². The molecule has 3 aromatic rings. The van der Waals surface area contributed by atoms with Crippen molar-refractivity contribution in [3.8, 4) is 11.1 Å². The molecule has 0 radical (unpaired) electrons. The predicted molar refractivity (Wildman–Crippen MR) is 117 cm³/mol. The van der Waals surface area contributed by atoms with Gasteiger partial charge in [0.25, 0.3) is 0 Å². The summed E-state index contributed by atoms with van der Waals surface area (Å²) in [6.07, 6.45) is -0.564. The van der Waals surface area contributed by atoms with E-state index in [0.717, 1.165) is 26.7 Å². The van der Waals surface area contributed by atoms with Crippen LogP contribution in [0.2, 0.25) is 0 Å². The van der Waals surface area contributed by atoms with E-state index in [1.165, 1.54) is 0 Å². The highest BCUT2D eigenvalue weighted by Gasteiger charge is 2.41. The van der Waals surface area contributed by atoms with Crippen LogP contribution in [0, 0.1) is 0 Å². The molecule has 5 nitrogen and oxygen atoms in total. The van der Waals surface area contributed by atoms with Crippen molar-refractivity contribution in [1.29, 1.82) is 0 Å². The van der Waals surface area contributed by atoms with E-state index in [1.54, 1.807) is 24.3 Å². The fourth-order valence-electron chi connectivity index (χ4n) is 4.01. The van der Waals surface area contributed by atoms with Crippen molar-refractivity contribution < 1.29 is 19.4 Å². The van der Waals surface area contributed by atoms with Gasteiger partial charge in [0.2, 0.25) is 0 Å². The first kappa shape index (κ1) is 20.3. The number of fused-ring (bicyclic) bond motifs is 3. The van der Waals surface area contributed by atoms with Gasteiger partial charge >= 0.3 is 11.9 Å². The molecule has 1 unspecified atom stereocenters. The SMILES string of the molecule is NC(CC(=O)O)(C(=O)OCC1c2ccccc2-c2ccccc21)c1ccc(Br)cc1. The third-order valence-corrected chi connectivity index (χ3v) is 6.03. The first-order chi connectivity index (χ1) is 14.4. The molecule has 6 heteroatoms. The Hall–Kier alpha value is -2.96. The lowest BCUT2D eigenvalue weighted by Crippen LogP contribution is -2.48. The van der Waals surface area contributed by atoms with Crippen molar-refractivity contribution in [2.24, 2.45) is 5.73 Å². The van der Waals surface area contributed by atoms with E-state index in [0.29, 0.717) is 5.56 Å². The van der Waals surface area contributed by atoms with Crippen molar-refractivity contribution in [3.63, 3.8) is 0 Å². The summed E-state index contributed by atoms with van der Waals surface area (Å²) in [6.45, 7) is 0.0853. The van der Waals surface area contributed by atoms with Gasteiger partial charge in [-0.25, -0.2) is 4.79 Å². The van der Waals surface area contributed by atoms with Gasteiger partial charge < -0.3 is 15.6 Å². The first-order valence-corrected chi connectivity index (χ1v) is 10.3. The topological polar surface area (TPSA) is 89.6 Å². The minimum absolute atomic E-state index is 0.0853. The van der Waals surface area contributed by atoms with Crippen LogP contribution in [0.4, 0.5) is 0 Å². The summed E-state index contributed by atoms with van der Waals surface area (Å²) in [6, 6.07) is 22.7. The summed E-state index contributed by atoms with van der Waals surface area (Å²) in [7, 11) is 0. The highest BCUT2D eigenvalue weighted by Crippen LogP contribution is 2.44. The van der Waals surface area contributed by atoms with Crippen LogP contribution in [0.3, 0.4) is 0 Å². The van der Waals surface area contributed by atoms with Crippen molar-refractivity contribution >= 4 is 27.9 Å². The Morgan fingerprint density at radius 3 is 2.00 bits per heavy atom. The number of carboxylic acids is 1. The Morgan fingerprint density at radius 1 is 0.933 bits per heavy atom. The third kappa shape index (κ3) is 3.64. The van der Waals surface area contributed by atoms with Gasteiger partial charge in [-0.2, -0.15) is 0 Å². The lowest BCUT2D eigenvalue weighted by Gasteiger charge is -2.27. The minimum atomic E-state index is -1.77. The van der Waals surface area contributed by atoms with Gasteiger partial charge in [-0.1, -0.05) is 76.6 Å². The number of halogens is 1. The third-order valence-electron chi connectivity index (χ3n) is 5.50. The molecule has 152 valence electrons. The lowest BCUT2D eigenvalue weighted by atomic mass is 9.87. The largest absolute Gasteiger partial charge is 0.481 e. The summed E-state index contributed by atoms with van der Waals surface area (Å²) in [4.78, 5) is 24.5. The number of esters is 1. The van der Waals surface area contributed by atoms with Gasteiger partial charge in [0, 0.05) is 10.4 Å². The van der Waals surface area contributed by atoms with Gasteiger partial charge in [0.05, 0.1) is 6.42 Å². The molecule has 1 atom stereocenters. The zero-order valence-corrected chi connectivity index (χ0v) is 17.6. The number of hydrogen-bond acceptors (Lipinski definition) is 4. The smallest absolute Gasteiger partial charge is 0.331 e. The zero-order valence-electron chi connectivity index (χ0n) is 16.0. The van der Waals surface area contributed by atoms with Gasteiger partial charge in [-0.3, -0.25) is 4.79 Å². The van der Waals surface area contributed by atoms with Crippen LogP contribution in [-0.2, 0) is 19.9 Å². The number of carbonyl (C=O) groups excluding carboxylic acids is 1. The van der Waals surface area contributed by atoms with Gasteiger partial charge in [0.1, 0.15) is 6.61 Å². The van der Waals surface area contributed by atoms with Crippen molar-refractivity contribution in [2.75, 3.05) is 6.61 Å². The molecule has 3 aromatic carbocycles. The summed E-state index contributed by atoms with van der Waals surface area (Å²) >= 11 is 3.33. The molecule has 3 N–H and O–H groups in total. The van der Waals surface area contributed by atoms with E-state index >= 15 is 0 Å². The summed E-state index contributed by atoms with van der Waals surface area (Å²) in [5.74, 6) is -2.05. The van der Waals surface area contributed by atoms with E-state index < -0.39 is 23.9 Å². The number of hydrogen-bond donors (Lipinski definition) is 2. The number of nitrogens with two attached hydrogens (primary N) is 1. The molecular weight excluding hydrogens is 446 g/mol. The van der Waals surface area contributed by atoms with Crippen LogP contribution < -0.4 is 5.73 Å². The molecule has 4 rings (SSSR count). The van der Waals surface area contributed by atoms with Crippen molar-refractivity contribution in [3.05, 3.63) is 94.0 Å². The zero-order chi connectivity index (χ0) is 21.3. The Kier molecular flexibility index (Phi) is 5.45. The average molecular weight is 466 g/mol. The van der Waals surface area contributed by atoms with Crippen LogP contribution in [-0.4, -0.2) is 23.7 Å². The second-order valence-corrected chi connectivity index (χ2v) is 8.29. The molecule has 0 spiro atoms. The van der Waals surface area contributed by atoms with E-state index in [9.17, 15) is 14.7 Å². The Bertz CT molecular complexity index is 1070. The molecule has 1 aliphatic rings. The van der Waals surface area contributed by atoms with E-state index in [4.69, 9.17) is 10.5 Å². The van der Waals surface area contributed by atoms with Crippen LogP contribution in [0.5, 0.6) is 0 Å². The summed E-state index contributed by atoms with van der Waals surface area (Å²) in [5.41, 5.74) is 9.33. The van der Waals surface area contributed by atoms with Crippen molar-refractivity contribution in [2.45, 2.75) is 17.9 Å². The Balaban J connectivity index is 1.61. The van der Waals surface area contributed by atoms with E-state index in [2.05, 4.69) is 28.1 Å². The number of ether oxygens (including phenoxy) is 1. The molecule has 0 aliphatic heterocycles. The van der Waals surface area contributed by atoms with Gasteiger partial charge in [-0.05, 0) is 39.9 Å². The monoisotopic (exact) mass is 465 g/mol.